The lowest BCUT2D eigenvalue weighted by Crippen LogP contribution is -2.44. The number of halogens is 1. The van der Waals surface area contributed by atoms with E-state index in [1.54, 1.807) is 11.3 Å². The van der Waals surface area contributed by atoms with Crippen LogP contribution in [0.1, 0.15) is 0 Å². The van der Waals surface area contributed by atoms with E-state index in [0.29, 0.717) is 0 Å². The van der Waals surface area contributed by atoms with Crippen LogP contribution in [0.2, 0.25) is 0 Å². The van der Waals surface area contributed by atoms with E-state index in [1.807, 2.05) is 12.3 Å². The molecule has 0 amide bonds. The molecule has 0 saturated carbocycles. The molecular formula is C12H13BrN4S. The van der Waals surface area contributed by atoms with Crippen molar-refractivity contribution in [3.8, 4) is 10.6 Å². The largest absolute Gasteiger partial charge is 0.338 e. The highest BCUT2D eigenvalue weighted by Gasteiger charge is 2.14. The smallest absolute Gasteiger partial charge is 0.225 e. The maximum atomic E-state index is 4.66. The van der Waals surface area contributed by atoms with E-state index in [0.717, 1.165) is 42.3 Å². The van der Waals surface area contributed by atoms with E-state index in [2.05, 4.69) is 47.6 Å². The third kappa shape index (κ3) is 2.55. The Bertz CT molecular complexity index is 536. The second-order valence-electron chi connectivity index (χ2n) is 4.11. The van der Waals surface area contributed by atoms with E-state index < -0.39 is 0 Å². The Balaban J connectivity index is 1.88. The van der Waals surface area contributed by atoms with Crippen LogP contribution in [0.5, 0.6) is 0 Å². The summed E-state index contributed by atoms with van der Waals surface area (Å²) in [4.78, 5) is 12.4. The molecule has 2 aromatic rings. The van der Waals surface area contributed by atoms with Crippen LogP contribution < -0.4 is 10.2 Å². The molecule has 3 rings (SSSR count). The quantitative estimate of drug-likeness (QED) is 0.920. The van der Waals surface area contributed by atoms with E-state index in [-0.39, 0.29) is 0 Å². The zero-order chi connectivity index (χ0) is 12.4. The number of thiophene rings is 1. The first-order valence-corrected chi connectivity index (χ1v) is 7.53. The van der Waals surface area contributed by atoms with Crippen LogP contribution in [0.25, 0.3) is 10.6 Å². The van der Waals surface area contributed by atoms with Gasteiger partial charge in [0, 0.05) is 42.2 Å². The molecule has 1 N–H and O–H groups in total. The molecule has 18 heavy (non-hydrogen) atoms. The second-order valence-corrected chi connectivity index (χ2v) is 5.94. The molecule has 1 fully saturated rings. The van der Waals surface area contributed by atoms with Crippen molar-refractivity contribution in [3.63, 3.8) is 0 Å². The van der Waals surface area contributed by atoms with Crippen molar-refractivity contribution in [1.29, 1.82) is 0 Å². The number of rotatable bonds is 2. The van der Waals surface area contributed by atoms with Crippen molar-refractivity contribution in [2.24, 2.45) is 0 Å². The fourth-order valence-corrected chi connectivity index (χ4v) is 3.35. The van der Waals surface area contributed by atoms with Gasteiger partial charge < -0.3 is 10.2 Å². The van der Waals surface area contributed by atoms with Crippen LogP contribution in [0.4, 0.5) is 5.95 Å². The predicted molar refractivity (Wildman–Crippen MR) is 78.1 cm³/mol. The van der Waals surface area contributed by atoms with Gasteiger partial charge in [-0.3, -0.25) is 0 Å². The van der Waals surface area contributed by atoms with Crippen LogP contribution in [-0.2, 0) is 0 Å². The molecule has 0 aliphatic carbocycles. The molecule has 6 heteroatoms. The summed E-state index contributed by atoms with van der Waals surface area (Å²) in [5, 5.41) is 5.40. The average molecular weight is 325 g/mol. The number of piperazine rings is 1. The summed E-state index contributed by atoms with van der Waals surface area (Å²) >= 11 is 5.16. The van der Waals surface area contributed by atoms with Gasteiger partial charge in [-0.05, 0) is 28.1 Å². The fraction of sp³-hybridized carbons (Fsp3) is 0.333. The molecule has 4 nitrogen and oxygen atoms in total. The van der Waals surface area contributed by atoms with Crippen LogP contribution in [0, 0.1) is 0 Å². The number of anilines is 1. The summed E-state index contributed by atoms with van der Waals surface area (Å²) in [5.74, 6) is 0.832. The van der Waals surface area contributed by atoms with Crippen LogP contribution in [0.15, 0.2) is 28.2 Å². The minimum atomic E-state index is 0.832. The number of hydrogen-bond acceptors (Lipinski definition) is 5. The lowest BCUT2D eigenvalue weighted by Gasteiger charge is -2.27. The zero-order valence-electron chi connectivity index (χ0n) is 9.77. The molecule has 94 valence electrons. The summed E-state index contributed by atoms with van der Waals surface area (Å²) < 4.78 is 1.10. The summed E-state index contributed by atoms with van der Waals surface area (Å²) in [6.07, 6.45) is 1.84. The fourth-order valence-electron chi connectivity index (χ4n) is 1.95. The normalized spacial score (nSPS) is 15.9. The summed E-state index contributed by atoms with van der Waals surface area (Å²) in [5.41, 5.74) is 0.995. The number of nitrogens with one attached hydrogen (secondary N) is 1. The highest BCUT2D eigenvalue weighted by atomic mass is 79.9. The molecule has 0 atom stereocenters. The zero-order valence-corrected chi connectivity index (χ0v) is 12.2. The Morgan fingerprint density at radius 1 is 1.33 bits per heavy atom. The first-order chi connectivity index (χ1) is 8.83. The molecule has 1 aliphatic rings. The van der Waals surface area contributed by atoms with E-state index in [9.17, 15) is 0 Å². The van der Waals surface area contributed by atoms with E-state index in [1.165, 1.54) is 4.88 Å². The monoisotopic (exact) mass is 324 g/mol. The molecule has 1 saturated heterocycles. The maximum absolute atomic E-state index is 4.66. The first kappa shape index (κ1) is 12.1. The van der Waals surface area contributed by atoms with Crippen molar-refractivity contribution in [2.45, 2.75) is 0 Å². The average Bonchev–Trinajstić information content (AvgIpc) is 2.87. The molecule has 0 radical (unpaired) electrons. The van der Waals surface area contributed by atoms with Gasteiger partial charge in [0.1, 0.15) is 0 Å². The third-order valence-corrected chi connectivity index (χ3v) is 4.58. The Kier molecular flexibility index (Phi) is 3.58. The number of aromatic nitrogens is 2. The standard InChI is InChI=1S/C12H13BrN4S/c13-9-7-11(18-8-9)10-1-2-15-12(16-10)17-5-3-14-4-6-17/h1-2,7-8,14H,3-6H2. The van der Waals surface area contributed by atoms with Crippen LogP contribution >= 0.6 is 27.3 Å². The highest BCUT2D eigenvalue weighted by Crippen LogP contribution is 2.29. The van der Waals surface area contributed by atoms with Crippen molar-refractivity contribution >= 4 is 33.2 Å². The van der Waals surface area contributed by atoms with Crippen LogP contribution in [-0.4, -0.2) is 36.1 Å². The van der Waals surface area contributed by atoms with Gasteiger partial charge >= 0.3 is 0 Å². The lowest BCUT2D eigenvalue weighted by atomic mass is 10.3. The Labute approximate surface area is 118 Å². The third-order valence-electron chi connectivity index (χ3n) is 2.86. The molecule has 1 aliphatic heterocycles. The SMILES string of the molecule is Brc1csc(-c2ccnc(N3CCNCC3)n2)c1. The minimum Gasteiger partial charge on any atom is -0.338 e. The second kappa shape index (κ2) is 5.34. The molecule has 0 aromatic carbocycles. The Morgan fingerprint density at radius 2 is 2.17 bits per heavy atom. The van der Waals surface area contributed by atoms with Gasteiger partial charge in [-0.15, -0.1) is 11.3 Å². The lowest BCUT2D eigenvalue weighted by molar-refractivity contribution is 0.580. The van der Waals surface area contributed by atoms with Gasteiger partial charge in [-0.1, -0.05) is 0 Å². The topological polar surface area (TPSA) is 41.1 Å². The Hall–Kier alpha value is -0.980. The van der Waals surface area contributed by atoms with E-state index in [4.69, 9.17) is 0 Å². The molecule has 2 aromatic heterocycles. The predicted octanol–water partition coefficient (Wildman–Crippen LogP) is 2.38. The van der Waals surface area contributed by atoms with E-state index >= 15 is 0 Å². The number of nitrogens with zero attached hydrogens (tertiary/aromatic N) is 3. The minimum absolute atomic E-state index is 0.832. The van der Waals surface area contributed by atoms with Crippen LogP contribution in [0.3, 0.4) is 0 Å². The summed E-state index contributed by atoms with van der Waals surface area (Å²) in [6, 6.07) is 4.05. The molecule has 0 bridgehead atoms. The maximum Gasteiger partial charge on any atom is 0.225 e. The van der Waals surface area contributed by atoms with Gasteiger partial charge in [0.15, 0.2) is 0 Å². The first-order valence-electron chi connectivity index (χ1n) is 5.86. The van der Waals surface area contributed by atoms with Crippen molar-refractivity contribution in [1.82, 2.24) is 15.3 Å². The van der Waals surface area contributed by atoms with Crippen molar-refractivity contribution in [3.05, 3.63) is 28.2 Å². The van der Waals surface area contributed by atoms with Gasteiger partial charge in [0.25, 0.3) is 0 Å². The van der Waals surface area contributed by atoms with Gasteiger partial charge in [-0.25, -0.2) is 9.97 Å². The molecule has 3 heterocycles. The van der Waals surface area contributed by atoms with Crippen molar-refractivity contribution in [2.75, 3.05) is 31.1 Å². The van der Waals surface area contributed by atoms with Crippen molar-refractivity contribution < 1.29 is 0 Å². The summed E-state index contributed by atoms with van der Waals surface area (Å²) in [7, 11) is 0. The number of hydrogen-bond donors (Lipinski definition) is 1. The highest BCUT2D eigenvalue weighted by molar-refractivity contribution is 9.10. The van der Waals surface area contributed by atoms with Gasteiger partial charge in [0.05, 0.1) is 10.6 Å². The molecule has 0 spiro atoms. The van der Waals surface area contributed by atoms with Gasteiger partial charge in [0.2, 0.25) is 5.95 Å². The molecule has 0 unspecified atom stereocenters. The van der Waals surface area contributed by atoms with Gasteiger partial charge in [-0.2, -0.15) is 0 Å². The Morgan fingerprint density at radius 3 is 2.89 bits per heavy atom. The summed E-state index contributed by atoms with van der Waals surface area (Å²) in [6.45, 7) is 3.94. The molecular weight excluding hydrogens is 312 g/mol.